The van der Waals surface area contributed by atoms with Crippen LogP contribution in [-0.4, -0.2) is 11.6 Å². The van der Waals surface area contributed by atoms with Gasteiger partial charge in [0.2, 0.25) is 0 Å². The van der Waals surface area contributed by atoms with Crippen LogP contribution in [0, 0.1) is 11.3 Å². The van der Waals surface area contributed by atoms with E-state index in [-0.39, 0.29) is 0 Å². The highest BCUT2D eigenvalue weighted by Gasteiger charge is 2.18. The molecule has 1 aromatic heterocycles. The molecule has 0 saturated carbocycles. The summed E-state index contributed by atoms with van der Waals surface area (Å²) in [4.78, 5) is 0. The lowest BCUT2D eigenvalue weighted by atomic mass is 10.1. The Labute approximate surface area is 171 Å². The van der Waals surface area contributed by atoms with Crippen molar-refractivity contribution < 1.29 is 4.74 Å². The van der Waals surface area contributed by atoms with Gasteiger partial charge in [-0.3, -0.25) is 0 Å². The Kier molecular flexibility index (Phi) is 5.22. The maximum Gasteiger partial charge on any atom is 0.120 e. The van der Waals surface area contributed by atoms with Gasteiger partial charge in [-0.1, -0.05) is 42.5 Å². The van der Waals surface area contributed by atoms with Crippen molar-refractivity contribution in [1.82, 2.24) is 4.57 Å². The van der Waals surface area contributed by atoms with E-state index in [1.165, 1.54) is 0 Å². The monoisotopic (exact) mass is 381 g/mol. The zero-order valence-corrected chi connectivity index (χ0v) is 16.6. The van der Waals surface area contributed by atoms with Crippen molar-refractivity contribution in [3.05, 3.63) is 83.9 Å². The minimum atomic E-state index is 0.501. The van der Waals surface area contributed by atoms with Crippen LogP contribution in [0.2, 0.25) is 0 Å². The minimum Gasteiger partial charge on any atom is -0.489 e. The van der Waals surface area contributed by atoms with E-state index in [9.17, 15) is 5.26 Å². The average Bonchev–Trinajstić information content (AvgIpc) is 3.11. The Morgan fingerprint density at radius 1 is 1.00 bits per heavy atom. The molecule has 0 amide bonds. The van der Waals surface area contributed by atoms with Crippen molar-refractivity contribution in [2.75, 3.05) is 12.4 Å². The van der Waals surface area contributed by atoms with Crippen LogP contribution in [0.15, 0.2) is 72.8 Å². The first-order valence-corrected chi connectivity index (χ1v) is 9.76. The Morgan fingerprint density at radius 3 is 2.41 bits per heavy atom. The first-order valence-electron chi connectivity index (χ1n) is 9.76. The van der Waals surface area contributed by atoms with Crippen molar-refractivity contribution >= 4 is 16.6 Å². The van der Waals surface area contributed by atoms with E-state index in [0.717, 1.165) is 45.7 Å². The lowest BCUT2D eigenvalue weighted by Crippen LogP contribution is -1.98. The van der Waals surface area contributed by atoms with Gasteiger partial charge in [0.25, 0.3) is 0 Å². The normalized spacial score (nSPS) is 10.7. The van der Waals surface area contributed by atoms with Gasteiger partial charge in [-0.15, -0.1) is 0 Å². The van der Waals surface area contributed by atoms with Crippen LogP contribution in [-0.2, 0) is 13.2 Å². The zero-order valence-electron chi connectivity index (χ0n) is 16.6. The molecule has 0 bridgehead atoms. The lowest BCUT2D eigenvalue weighted by Gasteiger charge is -2.10. The van der Waals surface area contributed by atoms with Crippen molar-refractivity contribution in [3.63, 3.8) is 0 Å². The second-order valence-corrected chi connectivity index (χ2v) is 6.86. The van der Waals surface area contributed by atoms with E-state index in [4.69, 9.17) is 4.74 Å². The Hall–Kier alpha value is -3.71. The van der Waals surface area contributed by atoms with Gasteiger partial charge < -0.3 is 14.6 Å². The molecule has 1 heterocycles. The van der Waals surface area contributed by atoms with Crippen LogP contribution in [0.1, 0.15) is 18.1 Å². The van der Waals surface area contributed by atoms with E-state index in [1.54, 1.807) is 0 Å². The fourth-order valence-electron chi connectivity index (χ4n) is 3.70. The summed E-state index contributed by atoms with van der Waals surface area (Å²) < 4.78 is 8.19. The molecular weight excluding hydrogens is 358 g/mol. The van der Waals surface area contributed by atoms with E-state index in [0.29, 0.717) is 12.2 Å². The standard InChI is InChI=1S/C25H23N3O/c1-3-28-24-14-13-21(29-17-18-7-5-4-6-8-18)15-22(24)23(16-26)25(28)19-9-11-20(27-2)12-10-19/h4-15,27H,3,17H2,1-2H3. The molecule has 0 fully saturated rings. The number of rotatable bonds is 6. The molecule has 0 aliphatic rings. The molecule has 144 valence electrons. The fourth-order valence-corrected chi connectivity index (χ4v) is 3.70. The molecule has 29 heavy (non-hydrogen) atoms. The van der Waals surface area contributed by atoms with Gasteiger partial charge in [-0.05, 0) is 48.4 Å². The maximum absolute atomic E-state index is 9.97. The quantitative estimate of drug-likeness (QED) is 0.458. The number of hydrogen-bond donors (Lipinski definition) is 1. The third-order valence-corrected chi connectivity index (χ3v) is 5.16. The number of hydrogen-bond acceptors (Lipinski definition) is 3. The number of nitrogens with zero attached hydrogens (tertiary/aromatic N) is 2. The van der Waals surface area contributed by atoms with Crippen LogP contribution in [0.25, 0.3) is 22.2 Å². The molecule has 1 N–H and O–H groups in total. The summed E-state index contributed by atoms with van der Waals surface area (Å²) in [7, 11) is 1.90. The largest absolute Gasteiger partial charge is 0.489 e. The average molecular weight is 381 g/mol. The molecule has 0 radical (unpaired) electrons. The highest BCUT2D eigenvalue weighted by atomic mass is 16.5. The van der Waals surface area contributed by atoms with Crippen LogP contribution < -0.4 is 10.1 Å². The molecule has 4 heteroatoms. The fraction of sp³-hybridized carbons (Fsp3) is 0.160. The molecule has 0 saturated heterocycles. The second-order valence-electron chi connectivity index (χ2n) is 6.86. The topological polar surface area (TPSA) is 50.0 Å². The van der Waals surface area contributed by atoms with Crippen molar-refractivity contribution in [1.29, 1.82) is 5.26 Å². The Morgan fingerprint density at radius 2 is 1.76 bits per heavy atom. The van der Waals surface area contributed by atoms with Crippen LogP contribution in [0.3, 0.4) is 0 Å². The number of benzene rings is 3. The molecule has 4 nitrogen and oxygen atoms in total. The van der Waals surface area contributed by atoms with Gasteiger partial charge >= 0.3 is 0 Å². The van der Waals surface area contributed by atoms with Crippen molar-refractivity contribution in [2.24, 2.45) is 0 Å². The smallest absolute Gasteiger partial charge is 0.120 e. The zero-order chi connectivity index (χ0) is 20.2. The number of fused-ring (bicyclic) bond motifs is 1. The lowest BCUT2D eigenvalue weighted by molar-refractivity contribution is 0.306. The molecule has 0 aliphatic heterocycles. The van der Waals surface area contributed by atoms with Crippen LogP contribution in [0.4, 0.5) is 5.69 Å². The summed E-state index contributed by atoms with van der Waals surface area (Å²) in [5.74, 6) is 0.767. The van der Waals surface area contributed by atoms with Crippen molar-refractivity contribution in [2.45, 2.75) is 20.1 Å². The summed E-state index contributed by atoms with van der Waals surface area (Å²) in [5, 5.41) is 14.0. The number of ether oxygens (including phenoxy) is 1. The predicted molar refractivity (Wildman–Crippen MR) is 118 cm³/mol. The Balaban J connectivity index is 1.77. The van der Waals surface area contributed by atoms with Crippen molar-refractivity contribution in [3.8, 4) is 23.1 Å². The van der Waals surface area contributed by atoms with Crippen LogP contribution >= 0.6 is 0 Å². The van der Waals surface area contributed by atoms with Gasteiger partial charge in [0.15, 0.2) is 0 Å². The number of aromatic nitrogens is 1. The van der Waals surface area contributed by atoms with E-state index in [2.05, 4.69) is 35.0 Å². The molecule has 0 aliphatic carbocycles. The van der Waals surface area contributed by atoms with E-state index < -0.39 is 0 Å². The maximum atomic E-state index is 9.97. The summed E-state index contributed by atoms with van der Waals surface area (Å²) in [6.07, 6.45) is 0. The molecular formula is C25H23N3O. The molecule has 0 atom stereocenters. The number of anilines is 1. The SMILES string of the molecule is CCn1c(-c2ccc(NC)cc2)c(C#N)c2cc(OCc3ccccc3)ccc21. The third kappa shape index (κ3) is 3.55. The molecule has 0 spiro atoms. The number of nitriles is 1. The highest BCUT2D eigenvalue weighted by Crippen LogP contribution is 2.36. The first-order chi connectivity index (χ1) is 14.2. The van der Waals surface area contributed by atoms with Gasteiger partial charge in [0.05, 0.1) is 16.8 Å². The van der Waals surface area contributed by atoms with E-state index >= 15 is 0 Å². The summed E-state index contributed by atoms with van der Waals surface area (Å²) >= 11 is 0. The third-order valence-electron chi connectivity index (χ3n) is 5.16. The molecule has 4 aromatic rings. The molecule has 0 unspecified atom stereocenters. The Bertz CT molecular complexity index is 1170. The molecule has 4 rings (SSSR count). The highest BCUT2D eigenvalue weighted by molar-refractivity contribution is 5.95. The number of aryl methyl sites for hydroxylation is 1. The van der Waals surface area contributed by atoms with Gasteiger partial charge in [-0.25, -0.2) is 0 Å². The van der Waals surface area contributed by atoms with E-state index in [1.807, 2.05) is 67.7 Å². The summed E-state index contributed by atoms with van der Waals surface area (Å²) in [6.45, 7) is 3.39. The second kappa shape index (κ2) is 8.12. The summed E-state index contributed by atoms with van der Waals surface area (Å²) in [5.41, 5.74) is 5.87. The van der Waals surface area contributed by atoms with Crippen LogP contribution in [0.5, 0.6) is 5.75 Å². The first kappa shape index (κ1) is 18.6. The summed E-state index contributed by atoms with van der Waals surface area (Å²) in [6, 6.07) is 26.7. The van der Waals surface area contributed by atoms with Gasteiger partial charge in [0.1, 0.15) is 18.4 Å². The molecule has 3 aromatic carbocycles. The van der Waals surface area contributed by atoms with Gasteiger partial charge in [0, 0.05) is 24.7 Å². The minimum absolute atomic E-state index is 0.501. The van der Waals surface area contributed by atoms with Gasteiger partial charge in [-0.2, -0.15) is 5.26 Å². The predicted octanol–water partition coefficient (Wildman–Crippen LogP) is 5.82. The number of nitrogens with one attached hydrogen (secondary N) is 1.